The summed E-state index contributed by atoms with van der Waals surface area (Å²) in [6.07, 6.45) is 0. The number of hydrogen-bond donors (Lipinski definition) is 1. The first-order valence-electron chi connectivity index (χ1n) is 12.0. The summed E-state index contributed by atoms with van der Waals surface area (Å²) in [6.45, 7) is 14.3. The number of rotatable bonds is 9. The second kappa shape index (κ2) is 10.3. The molecule has 1 unspecified atom stereocenters. The molecule has 0 saturated heterocycles. The standard InChI is InChI=1S/C26H34N6O2S/c1-7-34-20-10-11-22-18(14-20)13-19(25(33)27-22)15-31(16-21-9-8-12-35-21)23(17(2)3)24-28-29-30-32(24)26(4,5)6/h8-14,17,23H,7,15-16H2,1-6H3,(H,27,33). The second-order valence-electron chi connectivity index (χ2n) is 10.1. The van der Waals surface area contributed by atoms with Gasteiger partial charge in [0.1, 0.15) is 5.75 Å². The van der Waals surface area contributed by atoms with Crippen molar-refractivity contribution in [1.29, 1.82) is 0 Å². The summed E-state index contributed by atoms with van der Waals surface area (Å²) in [7, 11) is 0. The summed E-state index contributed by atoms with van der Waals surface area (Å²) in [5, 5.41) is 15.8. The molecule has 1 N–H and O–H groups in total. The summed E-state index contributed by atoms with van der Waals surface area (Å²) in [5.41, 5.74) is 1.14. The van der Waals surface area contributed by atoms with E-state index in [1.807, 2.05) is 35.9 Å². The Labute approximate surface area is 209 Å². The average molecular weight is 495 g/mol. The molecule has 4 aromatic rings. The summed E-state index contributed by atoms with van der Waals surface area (Å²) >= 11 is 1.71. The molecule has 0 aliphatic rings. The molecule has 0 spiro atoms. The van der Waals surface area contributed by atoms with Gasteiger partial charge >= 0.3 is 0 Å². The Morgan fingerprint density at radius 3 is 2.63 bits per heavy atom. The molecular weight excluding hydrogens is 460 g/mol. The molecule has 186 valence electrons. The molecular formula is C26H34N6O2S. The summed E-state index contributed by atoms with van der Waals surface area (Å²) in [4.78, 5) is 19.7. The molecule has 1 aromatic carbocycles. The molecule has 0 aliphatic heterocycles. The number of ether oxygens (including phenoxy) is 1. The summed E-state index contributed by atoms with van der Waals surface area (Å²) in [5.74, 6) is 1.81. The number of nitrogens with zero attached hydrogens (tertiary/aromatic N) is 5. The number of nitrogens with one attached hydrogen (secondary N) is 1. The zero-order valence-electron chi connectivity index (χ0n) is 21.3. The van der Waals surface area contributed by atoms with Crippen LogP contribution in [-0.2, 0) is 18.6 Å². The van der Waals surface area contributed by atoms with E-state index in [1.165, 1.54) is 4.88 Å². The molecule has 0 fully saturated rings. The van der Waals surface area contributed by atoms with E-state index in [9.17, 15) is 4.79 Å². The van der Waals surface area contributed by atoms with Crippen molar-refractivity contribution in [3.63, 3.8) is 0 Å². The van der Waals surface area contributed by atoms with Gasteiger partial charge in [-0.1, -0.05) is 19.9 Å². The highest BCUT2D eigenvalue weighted by molar-refractivity contribution is 7.09. The van der Waals surface area contributed by atoms with Gasteiger partial charge in [0.05, 0.1) is 18.2 Å². The summed E-state index contributed by atoms with van der Waals surface area (Å²) < 4.78 is 7.57. The Kier molecular flexibility index (Phi) is 7.37. The van der Waals surface area contributed by atoms with Crippen LogP contribution >= 0.6 is 11.3 Å². The Balaban J connectivity index is 1.78. The maximum absolute atomic E-state index is 13.1. The van der Waals surface area contributed by atoms with Gasteiger partial charge in [0.25, 0.3) is 5.56 Å². The fourth-order valence-electron chi connectivity index (χ4n) is 4.42. The highest BCUT2D eigenvalue weighted by atomic mass is 32.1. The van der Waals surface area contributed by atoms with Crippen LogP contribution in [0.2, 0.25) is 0 Å². The molecule has 9 heteroatoms. The van der Waals surface area contributed by atoms with Crippen LogP contribution in [0.4, 0.5) is 0 Å². The van der Waals surface area contributed by atoms with Crippen LogP contribution in [0.3, 0.4) is 0 Å². The van der Waals surface area contributed by atoms with Crippen molar-refractivity contribution in [2.75, 3.05) is 6.61 Å². The number of aromatic nitrogens is 5. The van der Waals surface area contributed by atoms with Crippen molar-refractivity contribution in [1.82, 2.24) is 30.1 Å². The lowest BCUT2D eigenvalue weighted by Crippen LogP contribution is -2.37. The number of pyridine rings is 1. The largest absolute Gasteiger partial charge is 0.494 e. The van der Waals surface area contributed by atoms with Crippen molar-refractivity contribution in [2.24, 2.45) is 5.92 Å². The normalized spacial score (nSPS) is 13.1. The maximum atomic E-state index is 13.1. The first-order chi connectivity index (χ1) is 16.7. The van der Waals surface area contributed by atoms with Gasteiger partial charge in [-0.2, -0.15) is 0 Å². The number of fused-ring (bicyclic) bond motifs is 1. The van der Waals surface area contributed by atoms with E-state index < -0.39 is 0 Å². The average Bonchev–Trinajstić information content (AvgIpc) is 3.47. The number of thiophene rings is 1. The monoisotopic (exact) mass is 494 g/mol. The second-order valence-corrected chi connectivity index (χ2v) is 11.1. The van der Waals surface area contributed by atoms with Crippen LogP contribution in [0.1, 0.15) is 63.8 Å². The Bertz CT molecular complexity index is 1320. The van der Waals surface area contributed by atoms with Crippen molar-refractivity contribution in [3.8, 4) is 5.75 Å². The Hall–Kier alpha value is -3.04. The molecule has 4 rings (SSSR count). The van der Waals surface area contributed by atoms with Crippen molar-refractivity contribution in [2.45, 2.75) is 66.2 Å². The van der Waals surface area contributed by atoms with Crippen molar-refractivity contribution in [3.05, 3.63) is 68.4 Å². The molecule has 0 amide bonds. The van der Waals surface area contributed by atoms with Crippen LogP contribution in [0.25, 0.3) is 10.9 Å². The molecule has 1 atom stereocenters. The number of hydrogen-bond acceptors (Lipinski definition) is 7. The molecule has 0 radical (unpaired) electrons. The van der Waals surface area contributed by atoms with E-state index in [4.69, 9.17) is 4.74 Å². The predicted octanol–water partition coefficient (Wildman–Crippen LogP) is 5.13. The van der Waals surface area contributed by atoms with E-state index in [2.05, 4.69) is 77.5 Å². The van der Waals surface area contributed by atoms with Crippen LogP contribution in [-0.4, -0.2) is 36.7 Å². The van der Waals surface area contributed by atoms with E-state index >= 15 is 0 Å². The van der Waals surface area contributed by atoms with Crippen molar-refractivity contribution >= 4 is 22.2 Å². The first kappa shape index (κ1) is 25.1. The van der Waals surface area contributed by atoms with Gasteiger partial charge < -0.3 is 9.72 Å². The zero-order valence-corrected chi connectivity index (χ0v) is 22.1. The molecule has 3 aromatic heterocycles. The van der Waals surface area contributed by atoms with Gasteiger partial charge in [-0.05, 0) is 79.8 Å². The molecule has 35 heavy (non-hydrogen) atoms. The van der Waals surface area contributed by atoms with Crippen LogP contribution in [0.15, 0.2) is 46.6 Å². The topological polar surface area (TPSA) is 88.9 Å². The molecule has 0 aliphatic carbocycles. The first-order valence-corrected chi connectivity index (χ1v) is 12.9. The quantitative estimate of drug-likeness (QED) is 0.347. The van der Waals surface area contributed by atoms with Crippen molar-refractivity contribution < 1.29 is 4.74 Å². The number of aromatic amines is 1. The minimum atomic E-state index is -0.267. The van der Waals surface area contributed by atoms with Gasteiger partial charge in [-0.15, -0.1) is 16.4 Å². The third-order valence-corrected chi connectivity index (χ3v) is 6.80. The Morgan fingerprint density at radius 1 is 1.17 bits per heavy atom. The van der Waals surface area contributed by atoms with E-state index in [0.29, 0.717) is 25.3 Å². The van der Waals surface area contributed by atoms with Crippen LogP contribution in [0, 0.1) is 5.92 Å². The fourth-order valence-corrected chi connectivity index (χ4v) is 5.15. The Morgan fingerprint density at radius 2 is 1.97 bits per heavy atom. The predicted molar refractivity (Wildman–Crippen MR) is 140 cm³/mol. The molecule has 0 saturated carbocycles. The van der Waals surface area contributed by atoms with Gasteiger partial charge in [-0.25, -0.2) is 4.68 Å². The van der Waals surface area contributed by atoms with E-state index in [1.54, 1.807) is 11.3 Å². The fraction of sp³-hybridized carbons (Fsp3) is 0.462. The number of benzene rings is 1. The van der Waals surface area contributed by atoms with E-state index in [-0.39, 0.29) is 23.1 Å². The third kappa shape index (κ3) is 5.62. The molecule has 8 nitrogen and oxygen atoms in total. The van der Waals surface area contributed by atoms with Gasteiger partial charge in [0.15, 0.2) is 5.82 Å². The highest BCUT2D eigenvalue weighted by Gasteiger charge is 2.33. The zero-order chi connectivity index (χ0) is 25.2. The minimum absolute atomic E-state index is 0.0869. The lowest BCUT2D eigenvalue weighted by atomic mass is 9.99. The SMILES string of the molecule is CCOc1ccc2[nH]c(=O)c(CN(Cc3cccs3)C(c3nnnn3C(C)(C)C)C(C)C)cc2c1. The maximum Gasteiger partial charge on any atom is 0.252 e. The number of H-pyrrole nitrogens is 1. The minimum Gasteiger partial charge on any atom is -0.494 e. The number of tetrazole rings is 1. The smallest absolute Gasteiger partial charge is 0.252 e. The lowest BCUT2D eigenvalue weighted by Gasteiger charge is -2.34. The lowest BCUT2D eigenvalue weighted by molar-refractivity contribution is 0.121. The molecule has 3 heterocycles. The van der Waals surface area contributed by atoms with Gasteiger partial charge in [0.2, 0.25) is 0 Å². The van der Waals surface area contributed by atoms with E-state index in [0.717, 1.165) is 22.5 Å². The third-order valence-electron chi connectivity index (χ3n) is 5.93. The highest BCUT2D eigenvalue weighted by Crippen LogP contribution is 2.33. The van der Waals surface area contributed by atoms with Gasteiger partial charge in [0, 0.05) is 34.4 Å². The summed E-state index contributed by atoms with van der Waals surface area (Å²) in [6, 6.07) is 11.8. The molecule has 0 bridgehead atoms. The van der Waals surface area contributed by atoms with Crippen LogP contribution in [0.5, 0.6) is 5.75 Å². The van der Waals surface area contributed by atoms with Gasteiger partial charge in [-0.3, -0.25) is 9.69 Å². The van der Waals surface area contributed by atoms with Crippen LogP contribution < -0.4 is 10.3 Å².